The molecule has 1 amide bonds. The molecule has 9 heteroatoms. The third kappa shape index (κ3) is 10.1. The van der Waals surface area contributed by atoms with Crippen LogP contribution < -0.4 is 5.32 Å². The highest BCUT2D eigenvalue weighted by Gasteiger charge is 2.13. The Kier molecular flexibility index (Phi) is 10.0. The number of thioether (sulfide) groups is 1. The lowest BCUT2D eigenvalue weighted by Crippen LogP contribution is -2.31. The first-order valence-electron chi connectivity index (χ1n) is 6.46. The predicted octanol–water partition coefficient (Wildman–Crippen LogP) is 0.604. The summed E-state index contributed by atoms with van der Waals surface area (Å²) in [5, 5.41) is 20.4. The van der Waals surface area contributed by atoms with Crippen LogP contribution in [-0.4, -0.2) is 59.2 Å². The normalized spacial score (nSPS) is 12.9. The topological polar surface area (TPSA) is 122 Å². The van der Waals surface area contributed by atoms with E-state index in [1.54, 1.807) is 6.92 Å². The minimum Gasteiger partial charge on any atom is -0.481 e. The zero-order chi connectivity index (χ0) is 17.1. The lowest BCUT2D eigenvalue weighted by molar-refractivity contribution is -0.140. The summed E-state index contributed by atoms with van der Waals surface area (Å²) in [7, 11) is 0. The number of carbonyl (C=O) groups excluding carboxylic acids is 2. The van der Waals surface area contributed by atoms with E-state index in [0.717, 1.165) is 0 Å². The molecule has 0 radical (unpaired) electrons. The molecule has 8 nitrogen and oxygen atoms in total. The summed E-state index contributed by atoms with van der Waals surface area (Å²) in [4.78, 5) is 32.8. The van der Waals surface area contributed by atoms with E-state index in [4.69, 9.17) is 9.84 Å². The van der Waals surface area contributed by atoms with Crippen LogP contribution in [0.3, 0.4) is 0 Å². The molecule has 3 N–H and O–H groups in total. The summed E-state index contributed by atoms with van der Waals surface area (Å²) in [6, 6.07) is 0. The fraction of sp³-hybridized carbons (Fsp3) is 0.615. The van der Waals surface area contributed by atoms with Crippen molar-refractivity contribution in [3.63, 3.8) is 0 Å². The zero-order valence-corrected chi connectivity index (χ0v) is 13.4. The average Bonchev–Trinajstić information content (AvgIpc) is 2.44. The Morgan fingerprint density at radius 3 is 2.45 bits per heavy atom. The van der Waals surface area contributed by atoms with Gasteiger partial charge in [-0.15, -0.1) is 0 Å². The molecule has 2 atom stereocenters. The highest BCUT2D eigenvalue weighted by Crippen LogP contribution is 2.10. The van der Waals surface area contributed by atoms with Gasteiger partial charge in [0.2, 0.25) is 0 Å². The quantitative estimate of drug-likeness (QED) is 0.301. The van der Waals surface area contributed by atoms with Crippen LogP contribution >= 0.6 is 11.8 Å². The van der Waals surface area contributed by atoms with Crippen LogP contribution in [-0.2, 0) is 19.1 Å². The van der Waals surface area contributed by atoms with Gasteiger partial charge in [0.25, 0.3) is 0 Å². The van der Waals surface area contributed by atoms with Crippen molar-refractivity contribution in [2.75, 3.05) is 24.8 Å². The van der Waals surface area contributed by atoms with Crippen LogP contribution in [0.4, 0.5) is 4.79 Å². The van der Waals surface area contributed by atoms with Gasteiger partial charge in [-0.1, -0.05) is 13.5 Å². The molecule has 0 aromatic heterocycles. The molecule has 0 fully saturated rings. The lowest BCUT2D eigenvalue weighted by atomic mass is 10.2. The summed E-state index contributed by atoms with van der Waals surface area (Å²) in [5.41, 5.74) is 0.207. The third-order valence-corrected chi connectivity index (χ3v) is 3.63. The molecule has 0 spiro atoms. The van der Waals surface area contributed by atoms with E-state index in [2.05, 4.69) is 16.6 Å². The molecule has 22 heavy (non-hydrogen) atoms. The van der Waals surface area contributed by atoms with Crippen molar-refractivity contribution in [2.45, 2.75) is 20.0 Å². The summed E-state index contributed by atoms with van der Waals surface area (Å²) < 4.78 is 9.33. The van der Waals surface area contributed by atoms with Gasteiger partial charge in [-0.05, 0) is 6.92 Å². The SMILES string of the molecule is C=C(C)C(=O)OCNC(=O)OCC(O)CSCC(C)C(=O)O. The van der Waals surface area contributed by atoms with Gasteiger partial charge in [0, 0.05) is 17.1 Å². The maximum absolute atomic E-state index is 11.2. The van der Waals surface area contributed by atoms with E-state index in [0.29, 0.717) is 5.75 Å². The maximum Gasteiger partial charge on any atom is 0.409 e. The van der Waals surface area contributed by atoms with E-state index in [-0.39, 0.29) is 24.7 Å². The summed E-state index contributed by atoms with van der Waals surface area (Å²) in [6.07, 6.45) is -1.74. The van der Waals surface area contributed by atoms with E-state index >= 15 is 0 Å². The minimum absolute atomic E-state index is 0.207. The minimum atomic E-state index is -0.908. The first kappa shape index (κ1) is 20.3. The van der Waals surface area contributed by atoms with Gasteiger partial charge in [0.1, 0.15) is 6.61 Å². The van der Waals surface area contributed by atoms with E-state index in [9.17, 15) is 19.5 Å². The monoisotopic (exact) mass is 335 g/mol. The van der Waals surface area contributed by atoms with Crippen LogP contribution in [0.2, 0.25) is 0 Å². The Balaban J connectivity index is 3.70. The van der Waals surface area contributed by atoms with Gasteiger partial charge >= 0.3 is 18.0 Å². The molecule has 0 aromatic rings. The van der Waals surface area contributed by atoms with Crippen molar-refractivity contribution in [3.05, 3.63) is 12.2 Å². The predicted molar refractivity (Wildman–Crippen MR) is 80.4 cm³/mol. The number of carbonyl (C=O) groups is 3. The number of rotatable bonds is 10. The van der Waals surface area contributed by atoms with Crippen LogP contribution in [0.25, 0.3) is 0 Å². The Labute approximate surface area is 132 Å². The fourth-order valence-electron chi connectivity index (χ4n) is 1.01. The summed E-state index contributed by atoms with van der Waals surface area (Å²) in [6.45, 7) is 5.82. The number of nitrogens with one attached hydrogen (secondary N) is 1. The Bertz CT molecular complexity index is 413. The maximum atomic E-state index is 11.2. The van der Waals surface area contributed by atoms with Crippen molar-refractivity contribution in [3.8, 4) is 0 Å². The number of aliphatic carboxylic acids is 1. The highest BCUT2D eigenvalue weighted by molar-refractivity contribution is 7.99. The zero-order valence-electron chi connectivity index (χ0n) is 12.5. The van der Waals surface area contributed by atoms with Crippen LogP contribution in [0.15, 0.2) is 12.2 Å². The number of amides is 1. The van der Waals surface area contributed by atoms with E-state index < -0.39 is 30.1 Å². The van der Waals surface area contributed by atoms with E-state index in [1.807, 2.05) is 0 Å². The molecular formula is C13H21NO7S. The Morgan fingerprint density at radius 2 is 1.91 bits per heavy atom. The van der Waals surface area contributed by atoms with Crippen molar-refractivity contribution in [1.29, 1.82) is 0 Å². The summed E-state index contributed by atoms with van der Waals surface area (Å²) in [5.74, 6) is -1.44. The average molecular weight is 335 g/mol. The van der Waals surface area contributed by atoms with Crippen molar-refractivity contribution in [2.24, 2.45) is 5.92 Å². The first-order valence-corrected chi connectivity index (χ1v) is 7.61. The molecule has 2 unspecified atom stereocenters. The van der Waals surface area contributed by atoms with Crippen molar-refractivity contribution in [1.82, 2.24) is 5.32 Å². The van der Waals surface area contributed by atoms with Crippen molar-refractivity contribution >= 4 is 29.8 Å². The number of aliphatic hydroxyl groups excluding tert-OH is 1. The molecular weight excluding hydrogens is 314 g/mol. The standard InChI is InChI=1S/C13H21NO7S/c1-8(2)12(18)21-7-14-13(19)20-4-10(15)6-22-5-9(3)11(16)17/h9-10,15H,1,4-7H2,2-3H3,(H,14,19)(H,16,17). The molecule has 0 saturated carbocycles. The molecule has 0 aliphatic carbocycles. The number of carboxylic acid groups (broad SMARTS) is 1. The largest absolute Gasteiger partial charge is 0.481 e. The van der Waals surface area contributed by atoms with Crippen LogP contribution in [0.1, 0.15) is 13.8 Å². The van der Waals surface area contributed by atoms with Crippen LogP contribution in [0.5, 0.6) is 0 Å². The molecule has 0 bridgehead atoms. The number of esters is 1. The van der Waals surface area contributed by atoms with Gasteiger partial charge < -0.3 is 19.7 Å². The molecule has 0 aliphatic heterocycles. The second-order valence-electron chi connectivity index (χ2n) is 4.56. The van der Waals surface area contributed by atoms with Gasteiger partial charge in [-0.25, -0.2) is 9.59 Å². The van der Waals surface area contributed by atoms with Crippen LogP contribution in [0, 0.1) is 5.92 Å². The van der Waals surface area contributed by atoms with Crippen molar-refractivity contribution < 1.29 is 34.1 Å². The van der Waals surface area contributed by atoms with Gasteiger partial charge in [-0.3, -0.25) is 10.1 Å². The lowest BCUT2D eigenvalue weighted by Gasteiger charge is -2.12. The number of hydrogen-bond acceptors (Lipinski definition) is 7. The molecule has 0 heterocycles. The smallest absolute Gasteiger partial charge is 0.409 e. The molecule has 0 rings (SSSR count). The number of hydrogen-bond donors (Lipinski definition) is 3. The number of carboxylic acids is 1. The molecule has 0 aromatic carbocycles. The highest BCUT2D eigenvalue weighted by atomic mass is 32.2. The number of aliphatic hydroxyl groups is 1. The summed E-state index contributed by atoms with van der Waals surface area (Å²) >= 11 is 1.25. The molecule has 0 aliphatic rings. The van der Waals surface area contributed by atoms with Gasteiger partial charge in [0.15, 0.2) is 6.73 Å². The number of alkyl carbamates (subject to hydrolysis) is 1. The Hall–Kier alpha value is -1.74. The number of ether oxygens (including phenoxy) is 2. The second kappa shape index (κ2) is 10.9. The fourth-order valence-corrected chi connectivity index (χ4v) is 2.01. The second-order valence-corrected chi connectivity index (χ2v) is 5.64. The first-order chi connectivity index (χ1) is 10.2. The molecule has 0 saturated heterocycles. The third-order valence-electron chi connectivity index (χ3n) is 2.27. The Morgan fingerprint density at radius 1 is 1.27 bits per heavy atom. The molecule has 126 valence electrons. The van der Waals surface area contributed by atoms with E-state index in [1.165, 1.54) is 18.7 Å². The van der Waals surface area contributed by atoms with Gasteiger partial charge in [-0.2, -0.15) is 11.8 Å². The van der Waals surface area contributed by atoms with Gasteiger partial charge in [0.05, 0.1) is 12.0 Å².